The number of hydrogen-bond donors (Lipinski definition) is 1. The molecular formula is C33H65NO16. The Kier molecular flexibility index (Phi) is 37.2. The minimum Gasteiger partial charge on any atom is -0.463 e. The molecule has 1 N–H and O–H groups in total. The molecule has 0 aliphatic rings. The predicted octanol–water partition coefficient (Wildman–Crippen LogP) is 1.27. The summed E-state index contributed by atoms with van der Waals surface area (Å²) in [4.78, 5) is 22.1. The number of carbonyl (C=O) groups is 2. The molecule has 0 aliphatic heterocycles. The highest BCUT2D eigenvalue weighted by molar-refractivity contribution is 5.67. The SMILES string of the molecule is CC(=O)OCCOCCOCCOCCOCCOCCOCCOCCOCCOCCOCCOCCOCCNC(=O)OC(C)(C)C. The monoisotopic (exact) mass is 731 g/mol. The smallest absolute Gasteiger partial charge is 0.407 e. The van der Waals surface area contributed by atoms with E-state index in [2.05, 4.69) is 5.32 Å². The lowest BCUT2D eigenvalue weighted by Gasteiger charge is -2.19. The van der Waals surface area contributed by atoms with Gasteiger partial charge in [-0.1, -0.05) is 0 Å². The molecular weight excluding hydrogens is 666 g/mol. The second-order valence-electron chi connectivity index (χ2n) is 11.1. The maximum absolute atomic E-state index is 11.5. The van der Waals surface area contributed by atoms with Gasteiger partial charge in [0, 0.05) is 13.5 Å². The fraction of sp³-hybridized carbons (Fsp3) is 0.939. The van der Waals surface area contributed by atoms with Gasteiger partial charge in [-0.3, -0.25) is 4.79 Å². The predicted molar refractivity (Wildman–Crippen MR) is 181 cm³/mol. The number of amides is 1. The Morgan fingerprint density at radius 3 is 0.820 bits per heavy atom. The van der Waals surface area contributed by atoms with Gasteiger partial charge in [0.05, 0.1) is 159 Å². The van der Waals surface area contributed by atoms with Crippen molar-refractivity contribution in [3.8, 4) is 0 Å². The number of alkyl carbamates (subject to hydrolysis) is 1. The number of esters is 1. The molecule has 0 spiro atoms. The largest absolute Gasteiger partial charge is 0.463 e. The molecule has 0 radical (unpaired) electrons. The molecule has 0 aliphatic carbocycles. The van der Waals surface area contributed by atoms with Crippen molar-refractivity contribution in [1.82, 2.24) is 5.32 Å². The first kappa shape index (κ1) is 48.3. The van der Waals surface area contributed by atoms with Gasteiger partial charge in [-0.15, -0.1) is 0 Å². The first-order valence-corrected chi connectivity index (χ1v) is 17.3. The third-order valence-electron chi connectivity index (χ3n) is 5.54. The van der Waals surface area contributed by atoms with Crippen LogP contribution in [0.5, 0.6) is 0 Å². The number of ether oxygens (including phenoxy) is 14. The van der Waals surface area contributed by atoms with Crippen molar-refractivity contribution < 1.29 is 75.9 Å². The van der Waals surface area contributed by atoms with Crippen molar-refractivity contribution in [1.29, 1.82) is 0 Å². The van der Waals surface area contributed by atoms with Crippen LogP contribution in [0.15, 0.2) is 0 Å². The van der Waals surface area contributed by atoms with Gasteiger partial charge in [-0.25, -0.2) is 4.79 Å². The zero-order chi connectivity index (χ0) is 36.6. The van der Waals surface area contributed by atoms with E-state index < -0.39 is 11.7 Å². The molecule has 0 rings (SSSR count). The molecule has 0 atom stereocenters. The average molecular weight is 732 g/mol. The molecule has 0 heterocycles. The molecule has 0 aromatic rings. The lowest BCUT2D eigenvalue weighted by molar-refractivity contribution is -0.142. The standard InChI is InChI=1S/C33H65NO16/c1-31(35)49-30-29-48-28-27-47-26-25-46-24-23-45-22-21-44-20-19-43-18-17-42-16-15-41-14-13-40-12-11-39-10-9-38-8-7-37-6-5-34-32(36)50-33(2,3)4/h5-30H2,1-4H3,(H,34,36). The van der Waals surface area contributed by atoms with Gasteiger partial charge in [0.15, 0.2) is 0 Å². The number of nitrogens with one attached hydrogen (secondary N) is 1. The molecule has 298 valence electrons. The van der Waals surface area contributed by atoms with Gasteiger partial charge in [0.2, 0.25) is 0 Å². The zero-order valence-corrected chi connectivity index (χ0v) is 30.9. The maximum atomic E-state index is 11.5. The van der Waals surface area contributed by atoms with Crippen molar-refractivity contribution in [2.45, 2.75) is 33.3 Å². The first-order valence-electron chi connectivity index (χ1n) is 17.3. The molecule has 17 nitrogen and oxygen atoms in total. The second-order valence-corrected chi connectivity index (χ2v) is 11.1. The van der Waals surface area contributed by atoms with Crippen LogP contribution in [0, 0.1) is 0 Å². The average Bonchev–Trinajstić information content (AvgIpc) is 3.06. The van der Waals surface area contributed by atoms with Gasteiger partial charge in [-0.2, -0.15) is 0 Å². The molecule has 17 heteroatoms. The van der Waals surface area contributed by atoms with Crippen molar-refractivity contribution in [2.24, 2.45) is 0 Å². The van der Waals surface area contributed by atoms with E-state index in [9.17, 15) is 9.59 Å². The zero-order valence-electron chi connectivity index (χ0n) is 30.9. The number of rotatable bonds is 39. The van der Waals surface area contributed by atoms with Crippen LogP contribution in [0.1, 0.15) is 27.7 Å². The van der Waals surface area contributed by atoms with Gasteiger partial charge >= 0.3 is 12.1 Å². The Morgan fingerprint density at radius 1 is 0.380 bits per heavy atom. The van der Waals surface area contributed by atoms with Crippen LogP contribution in [-0.4, -0.2) is 189 Å². The second kappa shape index (κ2) is 38.5. The van der Waals surface area contributed by atoms with Crippen LogP contribution in [0.2, 0.25) is 0 Å². The summed E-state index contributed by atoms with van der Waals surface area (Å²) in [6.45, 7) is 18.6. The lowest BCUT2D eigenvalue weighted by atomic mass is 10.2. The maximum Gasteiger partial charge on any atom is 0.407 e. The molecule has 0 unspecified atom stereocenters. The van der Waals surface area contributed by atoms with Crippen LogP contribution in [0.3, 0.4) is 0 Å². The van der Waals surface area contributed by atoms with Crippen LogP contribution in [0.4, 0.5) is 4.79 Å². The summed E-state index contributed by atoms with van der Waals surface area (Å²) in [5.41, 5.74) is -0.515. The van der Waals surface area contributed by atoms with Crippen LogP contribution >= 0.6 is 0 Å². The highest BCUT2D eigenvalue weighted by Crippen LogP contribution is 2.06. The molecule has 0 bridgehead atoms. The molecule has 0 aromatic carbocycles. The van der Waals surface area contributed by atoms with E-state index in [0.29, 0.717) is 165 Å². The summed E-state index contributed by atoms with van der Waals surface area (Å²) in [5, 5.41) is 2.63. The lowest BCUT2D eigenvalue weighted by Crippen LogP contribution is -2.34. The third kappa shape index (κ3) is 44.3. The minimum absolute atomic E-state index is 0.253. The van der Waals surface area contributed by atoms with Gasteiger partial charge in [-0.05, 0) is 20.8 Å². The Labute approximate surface area is 298 Å². The third-order valence-corrected chi connectivity index (χ3v) is 5.54. The normalized spacial score (nSPS) is 11.6. The Balaban J connectivity index is 3.10. The highest BCUT2D eigenvalue weighted by Gasteiger charge is 2.15. The quantitative estimate of drug-likeness (QED) is 0.0706. The van der Waals surface area contributed by atoms with Gasteiger partial charge in [0.25, 0.3) is 0 Å². The molecule has 0 saturated heterocycles. The molecule has 0 saturated carbocycles. The van der Waals surface area contributed by atoms with Crippen molar-refractivity contribution >= 4 is 12.1 Å². The Hall–Kier alpha value is -1.74. The Morgan fingerprint density at radius 2 is 0.600 bits per heavy atom. The highest BCUT2D eigenvalue weighted by atomic mass is 16.6. The molecule has 0 aromatic heterocycles. The van der Waals surface area contributed by atoms with Crippen molar-refractivity contribution in [2.75, 3.05) is 172 Å². The van der Waals surface area contributed by atoms with E-state index in [1.165, 1.54) is 6.92 Å². The van der Waals surface area contributed by atoms with E-state index in [0.717, 1.165) is 0 Å². The van der Waals surface area contributed by atoms with Crippen LogP contribution < -0.4 is 5.32 Å². The summed E-state index contributed by atoms with van der Waals surface area (Å²) in [5.74, 6) is -0.315. The fourth-order valence-corrected chi connectivity index (χ4v) is 3.30. The summed E-state index contributed by atoms with van der Waals surface area (Å²) >= 11 is 0. The number of carbonyl (C=O) groups excluding carboxylic acids is 2. The van der Waals surface area contributed by atoms with E-state index in [-0.39, 0.29) is 12.6 Å². The summed E-state index contributed by atoms with van der Waals surface area (Å²) in [6.07, 6.45) is -0.456. The molecule has 0 fully saturated rings. The minimum atomic E-state index is -0.515. The van der Waals surface area contributed by atoms with Crippen LogP contribution in [0.25, 0.3) is 0 Å². The van der Waals surface area contributed by atoms with Crippen molar-refractivity contribution in [3.05, 3.63) is 0 Å². The van der Waals surface area contributed by atoms with E-state index in [1.54, 1.807) is 0 Å². The van der Waals surface area contributed by atoms with E-state index in [1.807, 2.05) is 20.8 Å². The topological polar surface area (TPSA) is 175 Å². The summed E-state index contributed by atoms with van der Waals surface area (Å²) in [6, 6.07) is 0. The first-order chi connectivity index (χ1) is 24.3. The van der Waals surface area contributed by atoms with Gasteiger partial charge < -0.3 is 71.6 Å². The van der Waals surface area contributed by atoms with E-state index >= 15 is 0 Å². The summed E-state index contributed by atoms with van der Waals surface area (Å²) in [7, 11) is 0. The molecule has 1 amide bonds. The van der Waals surface area contributed by atoms with E-state index in [4.69, 9.17) is 66.3 Å². The molecule has 50 heavy (non-hydrogen) atoms. The number of hydrogen-bond acceptors (Lipinski definition) is 16. The van der Waals surface area contributed by atoms with Crippen LogP contribution in [-0.2, 0) is 71.1 Å². The Bertz CT molecular complexity index is 728. The van der Waals surface area contributed by atoms with Crippen molar-refractivity contribution in [3.63, 3.8) is 0 Å². The van der Waals surface area contributed by atoms with Gasteiger partial charge in [0.1, 0.15) is 12.2 Å². The summed E-state index contributed by atoms with van der Waals surface area (Å²) < 4.78 is 75.0. The fourth-order valence-electron chi connectivity index (χ4n) is 3.30.